The second-order valence-corrected chi connectivity index (χ2v) is 18.2. The maximum absolute atomic E-state index is 13.3. The molecule has 3 atom stereocenters. The van der Waals surface area contributed by atoms with Crippen LogP contribution in [-0.2, 0) is 48.0 Å². The summed E-state index contributed by atoms with van der Waals surface area (Å²) < 4.78 is 0. The van der Waals surface area contributed by atoms with Crippen molar-refractivity contribution in [3.8, 4) is 0 Å². The molecule has 0 aliphatic carbocycles. The normalized spacial score (nSPS) is 12.9. The highest BCUT2D eigenvalue weighted by molar-refractivity contribution is 6.00. The molecule has 3 aromatic heterocycles. The van der Waals surface area contributed by atoms with Gasteiger partial charge in [0.15, 0.2) is 0 Å². The van der Waals surface area contributed by atoms with E-state index in [2.05, 4.69) is 46.9 Å². The quantitative estimate of drug-likeness (QED) is 0.0384. The van der Waals surface area contributed by atoms with Crippen molar-refractivity contribution in [3.63, 3.8) is 0 Å². The van der Waals surface area contributed by atoms with Crippen LogP contribution in [-0.4, -0.2) is 68.5 Å². The zero-order chi connectivity index (χ0) is 51.0. The van der Waals surface area contributed by atoms with Gasteiger partial charge in [0.25, 0.3) is 0 Å². The number of aromatic nitrogens is 3. The van der Waals surface area contributed by atoms with Crippen LogP contribution in [0.4, 0.5) is 17.1 Å². The highest BCUT2D eigenvalue weighted by Gasteiger charge is 2.23. The standard InChI is InChI=1S/C58H55N9O6/c1-34(62-52(68)28-40-31-59-49-13-7-4-10-46(40)49)56(71)65-43-22-16-37(17-23-43)55(38-18-24-44(25-19-38)66-57(72)35(2)63-53(69)29-41-32-60-50-14-8-5-11-47(41)50)39-20-26-45(27-21-39)67-58(73)36(3)64-54(70)30-42-33-61-51-15-9-6-12-48(42)51/h4-27,31-36,55,59-61H,28-30H2,1-3H3,(H,62,68)(H,63,69)(H,64,70)(H,65,71)(H,66,72)(H,67,73). The van der Waals surface area contributed by atoms with E-state index in [-0.39, 0.29) is 60.6 Å². The number of nitrogens with one attached hydrogen (secondary N) is 9. The lowest BCUT2D eigenvalue weighted by Gasteiger charge is -2.21. The van der Waals surface area contributed by atoms with Crippen molar-refractivity contribution in [2.24, 2.45) is 0 Å². The lowest BCUT2D eigenvalue weighted by atomic mass is 9.85. The van der Waals surface area contributed by atoms with Crippen LogP contribution >= 0.6 is 0 Å². The molecule has 15 nitrogen and oxygen atoms in total. The topological polar surface area (TPSA) is 222 Å². The SMILES string of the molecule is CC(NC(=O)Cc1c[nH]c2ccccc12)C(=O)Nc1ccc(C(c2ccc(NC(=O)C(C)NC(=O)Cc3c[nH]c4ccccc34)cc2)c2ccc(NC(=O)C(C)NC(=O)Cc3c[nH]c4ccccc34)cc2)cc1. The highest BCUT2D eigenvalue weighted by atomic mass is 16.2. The van der Waals surface area contributed by atoms with Crippen LogP contribution < -0.4 is 31.9 Å². The maximum atomic E-state index is 13.3. The van der Waals surface area contributed by atoms with Crippen molar-refractivity contribution >= 4 is 85.2 Å². The maximum Gasteiger partial charge on any atom is 0.246 e. The van der Waals surface area contributed by atoms with Gasteiger partial charge in [0, 0.05) is 74.3 Å². The summed E-state index contributed by atoms with van der Waals surface area (Å²) in [5, 5.41) is 20.0. The zero-order valence-corrected chi connectivity index (χ0v) is 40.5. The van der Waals surface area contributed by atoms with Gasteiger partial charge in [-0.25, -0.2) is 0 Å². The Labute approximate surface area is 420 Å². The Kier molecular flexibility index (Phi) is 14.6. The second kappa shape index (κ2) is 21.8. The third-order valence-corrected chi connectivity index (χ3v) is 12.9. The van der Waals surface area contributed by atoms with Crippen LogP contribution in [0.3, 0.4) is 0 Å². The number of anilines is 3. The number of rotatable bonds is 18. The van der Waals surface area contributed by atoms with E-state index in [0.717, 1.165) is 66.1 Å². The number of carbonyl (C=O) groups excluding carboxylic acids is 6. The lowest BCUT2D eigenvalue weighted by molar-refractivity contribution is -0.125. The zero-order valence-electron chi connectivity index (χ0n) is 40.5. The van der Waals surface area contributed by atoms with Gasteiger partial charge in [0.1, 0.15) is 18.1 Å². The smallest absolute Gasteiger partial charge is 0.246 e. The predicted molar refractivity (Wildman–Crippen MR) is 285 cm³/mol. The van der Waals surface area contributed by atoms with Crippen LogP contribution in [0.1, 0.15) is 60.1 Å². The largest absolute Gasteiger partial charge is 0.361 e. The van der Waals surface area contributed by atoms with Gasteiger partial charge in [0.05, 0.1) is 19.3 Å². The van der Waals surface area contributed by atoms with Gasteiger partial charge in [-0.15, -0.1) is 0 Å². The summed E-state index contributed by atoms with van der Waals surface area (Å²) in [6, 6.07) is 43.0. The number of fused-ring (bicyclic) bond motifs is 3. The third kappa shape index (κ3) is 11.7. The molecule has 9 rings (SSSR count). The van der Waals surface area contributed by atoms with E-state index in [1.807, 2.05) is 109 Å². The van der Waals surface area contributed by atoms with E-state index < -0.39 is 18.1 Å². The van der Waals surface area contributed by atoms with Crippen molar-refractivity contribution in [1.29, 1.82) is 0 Å². The molecule has 0 bridgehead atoms. The number of hydrogen-bond acceptors (Lipinski definition) is 6. The Hall–Kier alpha value is -9.24. The molecule has 73 heavy (non-hydrogen) atoms. The molecule has 0 fully saturated rings. The van der Waals surface area contributed by atoms with Crippen molar-refractivity contribution in [1.82, 2.24) is 30.9 Å². The molecular weight excluding hydrogens is 919 g/mol. The van der Waals surface area contributed by atoms with Crippen molar-refractivity contribution in [2.45, 2.75) is 64.1 Å². The molecule has 6 amide bonds. The van der Waals surface area contributed by atoms with Gasteiger partial charge in [-0.3, -0.25) is 28.8 Å². The third-order valence-electron chi connectivity index (χ3n) is 12.9. The summed E-state index contributed by atoms with van der Waals surface area (Å²) in [6.07, 6.45) is 5.77. The van der Waals surface area contributed by atoms with Crippen LogP contribution in [0.5, 0.6) is 0 Å². The Morgan fingerprint density at radius 1 is 0.370 bits per heavy atom. The van der Waals surface area contributed by atoms with Crippen LogP contribution in [0.15, 0.2) is 164 Å². The van der Waals surface area contributed by atoms with Crippen molar-refractivity contribution in [2.75, 3.05) is 16.0 Å². The minimum atomic E-state index is -0.808. The van der Waals surface area contributed by atoms with Crippen LogP contribution in [0.2, 0.25) is 0 Å². The first-order chi connectivity index (χ1) is 35.3. The summed E-state index contributed by atoms with van der Waals surface area (Å²) in [6.45, 7) is 4.91. The lowest BCUT2D eigenvalue weighted by Crippen LogP contribution is -2.42. The molecular formula is C58H55N9O6. The molecule has 0 spiro atoms. The minimum absolute atomic E-state index is 0.118. The number of hydrogen-bond donors (Lipinski definition) is 9. The first kappa shape index (κ1) is 48.8. The van der Waals surface area contributed by atoms with E-state index in [4.69, 9.17) is 0 Å². The molecule has 9 N–H and O–H groups in total. The predicted octanol–water partition coefficient (Wildman–Crippen LogP) is 8.37. The van der Waals surface area contributed by atoms with Gasteiger partial charge in [-0.05, 0) is 109 Å². The van der Waals surface area contributed by atoms with E-state index in [9.17, 15) is 28.8 Å². The molecule has 0 saturated heterocycles. The Bertz CT molecular complexity index is 3100. The van der Waals surface area contributed by atoms with Crippen LogP contribution in [0.25, 0.3) is 32.7 Å². The molecule has 6 aromatic carbocycles. The highest BCUT2D eigenvalue weighted by Crippen LogP contribution is 2.34. The van der Waals surface area contributed by atoms with Crippen molar-refractivity contribution in [3.05, 3.63) is 198 Å². The van der Waals surface area contributed by atoms with Crippen LogP contribution in [0, 0.1) is 0 Å². The summed E-state index contributed by atoms with van der Waals surface area (Å²) >= 11 is 0. The second-order valence-electron chi connectivity index (χ2n) is 18.2. The minimum Gasteiger partial charge on any atom is -0.361 e. The van der Waals surface area contributed by atoms with Gasteiger partial charge >= 0.3 is 0 Å². The number of para-hydroxylation sites is 3. The molecule has 0 aliphatic rings. The average Bonchev–Trinajstić information content (AvgIpc) is 4.12. The molecule has 0 radical (unpaired) electrons. The fourth-order valence-corrected chi connectivity index (χ4v) is 9.03. The van der Waals surface area contributed by atoms with Gasteiger partial charge in [0.2, 0.25) is 35.4 Å². The number of benzene rings is 6. The molecule has 0 aliphatic heterocycles. The van der Waals surface area contributed by atoms with E-state index in [1.54, 1.807) is 75.8 Å². The van der Waals surface area contributed by atoms with Gasteiger partial charge < -0.3 is 46.9 Å². The molecule has 15 heteroatoms. The Morgan fingerprint density at radius 3 is 0.904 bits per heavy atom. The fourth-order valence-electron chi connectivity index (χ4n) is 9.03. The van der Waals surface area contributed by atoms with Gasteiger partial charge in [-0.1, -0.05) is 91.0 Å². The fraction of sp³-hybridized carbons (Fsp3) is 0.172. The van der Waals surface area contributed by atoms with E-state index >= 15 is 0 Å². The number of carbonyl (C=O) groups is 6. The number of H-pyrrole nitrogens is 3. The number of amides is 6. The number of aromatic amines is 3. The molecule has 368 valence electrons. The monoisotopic (exact) mass is 973 g/mol. The average molecular weight is 974 g/mol. The summed E-state index contributed by atoms with van der Waals surface area (Å²) in [4.78, 5) is 88.4. The molecule has 9 aromatic rings. The van der Waals surface area contributed by atoms with E-state index in [0.29, 0.717) is 17.1 Å². The molecule has 0 saturated carbocycles. The van der Waals surface area contributed by atoms with Crippen molar-refractivity contribution < 1.29 is 28.8 Å². The summed E-state index contributed by atoms with van der Waals surface area (Å²) in [5.74, 6) is -2.31. The first-order valence-electron chi connectivity index (χ1n) is 24.1. The van der Waals surface area contributed by atoms with Gasteiger partial charge in [-0.2, -0.15) is 0 Å². The van der Waals surface area contributed by atoms with E-state index in [1.165, 1.54) is 0 Å². The summed E-state index contributed by atoms with van der Waals surface area (Å²) in [7, 11) is 0. The molecule has 3 unspecified atom stereocenters. The molecule has 3 heterocycles. The Morgan fingerprint density at radius 2 is 0.630 bits per heavy atom. The summed E-state index contributed by atoms with van der Waals surface area (Å²) in [5.41, 5.74) is 9.56. The Balaban J connectivity index is 0.861. The first-order valence-corrected chi connectivity index (χ1v) is 24.1.